The maximum absolute atomic E-state index is 13.0. The smallest absolute Gasteiger partial charge is 0.256 e. The van der Waals surface area contributed by atoms with Gasteiger partial charge in [0.15, 0.2) is 0 Å². The van der Waals surface area contributed by atoms with Gasteiger partial charge in [0.05, 0.1) is 7.11 Å². The van der Waals surface area contributed by atoms with E-state index in [-0.39, 0.29) is 11.8 Å². The Kier molecular flexibility index (Phi) is 6.78. The summed E-state index contributed by atoms with van der Waals surface area (Å²) in [6, 6.07) is 26.1. The highest BCUT2D eigenvalue weighted by Gasteiger charge is 2.22. The van der Waals surface area contributed by atoms with Gasteiger partial charge in [0.25, 0.3) is 11.8 Å². The Morgan fingerprint density at radius 1 is 0.806 bits per heavy atom. The van der Waals surface area contributed by atoms with Crippen molar-refractivity contribution in [2.45, 2.75) is 0 Å². The zero-order valence-corrected chi connectivity index (χ0v) is 20.7. The van der Waals surface area contributed by atoms with Gasteiger partial charge in [0.2, 0.25) is 0 Å². The minimum absolute atomic E-state index is 0.0325. The van der Waals surface area contributed by atoms with Crippen LogP contribution in [-0.4, -0.2) is 50.0 Å². The summed E-state index contributed by atoms with van der Waals surface area (Å²) in [5.74, 6) is 0.587. The molecule has 0 aliphatic carbocycles. The first-order valence-corrected chi connectivity index (χ1v) is 12.2. The summed E-state index contributed by atoms with van der Waals surface area (Å²) in [5, 5.41) is 5.28. The third-order valence-electron chi connectivity index (χ3n) is 6.51. The van der Waals surface area contributed by atoms with E-state index in [0.29, 0.717) is 29.2 Å². The number of hydrogen-bond donors (Lipinski definition) is 1. The molecule has 1 aliphatic heterocycles. The van der Waals surface area contributed by atoms with Crippen LogP contribution in [0.1, 0.15) is 20.7 Å². The lowest BCUT2D eigenvalue weighted by Gasteiger charge is -2.36. The lowest BCUT2D eigenvalue weighted by molar-refractivity contribution is 0.0746. The number of anilines is 2. The number of nitrogens with one attached hydrogen (secondary N) is 1. The van der Waals surface area contributed by atoms with Gasteiger partial charge < -0.3 is 19.9 Å². The molecule has 0 aromatic heterocycles. The first-order chi connectivity index (χ1) is 17.5. The molecule has 0 atom stereocenters. The molecule has 7 heteroatoms. The molecule has 4 aromatic rings. The molecule has 0 radical (unpaired) electrons. The Hall–Kier alpha value is -4.03. The van der Waals surface area contributed by atoms with Gasteiger partial charge in [0, 0.05) is 59.1 Å². The Morgan fingerprint density at radius 3 is 2.17 bits per heavy atom. The molecule has 0 bridgehead atoms. The molecule has 2 amide bonds. The van der Waals surface area contributed by atoms with Gasteiger partial charge in [-0.25, -0.2) is 0 Å². The number of nitrogens with zero attached hydrogens (tertiary/aromatic N) is 2. The van der Waals surface area contributed by atoms with Crippen LogP contribution in [0.2, 0.25) is 5.02 Å². The van der Waals surface area contributed by atoms with Crippen LogP contribution >= 0.6 is 11.6 Å². The second kappa shape index (κ2) is 10.3. The number of carbonyl (C=O) groups excluding carboxylic acids is 2. The number of rotatable bonds is 5. The lowest BCUT2D eigenvalue weighted by Crippen LogP contribution is -2.48. The van der Waals surface area contributed by atoms with Gasteiger partial charge >= 0.3 is 0 Å². The van der Waals surface area contributed by atoms with Gasteiger partial charge in [-0.1, -0.05) is 35.9 Å². The SMILES string of the molecule is COc1ccc(C(=O)N2CCN(c3ccc(NC(=O)c4cccc5c(Cl)cccc45)cc3)CC2)cc1. The molecule has 1 N–H and O–H groups in total. The molecule has 0 spiro atoms. The fourth-order valence-electron chi connectivity index (χ4n) is 4.51. The third-order valence-corrected chi connectivity index (χ3v) is 6.84. The Bertz CT molecular complexity index is 1400. The Balaban J connectivity index is 1.20. The molecule has 36 heavy (non-hydrogen) atoms. The zero-order valence-electron chi connectivity index (χ0n) is 19.9. The van der Waals surface area contributed by atoms with Crippen LogP contribution in [0.25, 0.3) is 10.8 Å². The van der Waals surface area contributed by atoms with Crippen LogP contribution in [0, 0.1) is 0 Å². The quantitative estimate of drug-likeness (QED) is 0.381. The second-order valence-corrected chi connectivity index (χ2v) is 9.06. The number of benzene rings is 4. The fraction of sp³-hybridized carbons (Fsp3) is 0.172. The monoisotopic (exact) mass is 499 g/mol. The van der Waals surface area contributed by atoms with E-state index >= 15 is 0 Å². The average molecular weight is 500 g/mol. The maximum Gasteiger partial charge on any atom is 0.256 e. The molecule has 0 saturated carbocycles. The third kappa shape index (κ3) is 4.86. The predicted octanol–water partition coefficient (Wildman–Crippen LogP) is 5.72. The molecule has 1 heterocycles. The maximum atomic E-state index is 13.0. The van der Waals surface area contributed by atoms with Crippen molar-refractivity contribution in [1.82, 2.24) is 4.90 Å². The molecular weight excluding hydrogens is 474 g/mol. The molecular formula is C29H26ClN3O3. The number of methoxy groups -OCH3 is 1. The molecule has 0 unspecified atom stereocenters. The predicted molar refractivity (Wildman–Crippen MR) is 144 cm³/mol. The zero-order chi connectivity index (χ0) is 25.1. The van der Waals surface area contributed by atoms with Crippen molar-refractivity contribution >= 4 is 45.6 Å². The Morgan fingerprint density at radius 2 is 1.47 bits per heavy atom. The van der Waals surface area contributed by atoms with E-state index in [0.717, 1.165) is 41.0 Å². The van der Waals surface area contributed by atoms with Gasteiger partial charge in [-0.15, -0.1) is 0 Å². The molecule has 1 aliphatic rings. The van der Waals surface area contributed by atoms with Crippen LogP contribution in [0.3, 0.4) is 0 Å². The van der Waals surface area contributed by atoms with E-state index in [1.165, 1.54) is 0 Å². The Labute approximate surface area is 215 Å². The van der Waals surface area contributed by atoms with Gasteiger partial charge in [-0.3, -0.25) is 9.59 Å². The van der Waals surface area contributed by atoms with E-state index < -0.39 is 0 Å². The van der Waals surface area contributed by atoms with Crippen LogP contribution in [0.5, 0.6) is 5.75 Å². The number of fused-ring (bicyclic) bond motifs is 1. The summed E-state index contributed by atoms with van der Waals surface area (Å²) in [6.07, 6.45) is 0. The summed E-state index contributed by atoms with van der Waals surface area (Å²) < 4.78 is 5.17. The van der Waals surface area contributed by atoms with Crippen molar-refractivity contribution in [3.63, 3.8) is 0 Å². The van der Waals surface area contributed by atoms with Gasteiger partial charge in [-0.05, 0) is 66.0 Å². The molecule has 6 nitrogen and oxygen atoms in total. The van der Waals surface area contributed by atoms with E-state index in [4.69, 9.17) is 16.3 Å². The van der Waals surface area contributed by atoms with E-state index in [2.05, 4.69) is 10.2 Å². The van der Waals surface area contributed by atoms with Gasteiger partial charge in [0.1, 0.15) is 5.75 Å². The van der Waals surface area contributed by atoms with Crippen molar-refractivity contribution in [2.24, 2.45) is 0 Å². The number of piperazine rings is 1. The van der Waals surface area contributed by atoms with Crippen molar-refractivity contribution in [1.29, 1.82) is 0 Å². The molecule has 182 valence electrons. The first kappa shape index (κ1) is 23.7. The lowest BCUT2D eigenvalue weighted by atomic mass is 10.0. The van der Waals surface area contributed by atoms with Crippen LogP contribution in [0.15, 0.2) is 84.9 Å². The van der Waals surface area contributed by atoms with Crippen LogP contribution in [0.4, 0.5) is 11.4 Å². The summed E-state index contributed by atoms with van der Waals surface area (Å²) in [7, 11) is 1.61. The van der Waals surface area contributed by atoms with E-state index in [9.17, 15) is 9.59 Å². The molecule has 5 rings (SSSR count). The summed E-state index contributed by atoms with van der Waals surface area (Å²) in [4.78, 5) is 29.9. The van der Waals surface area contributed by atoms with Crippen LogP contribution in [-0.2, 0) is 0 Å². The first-order valence-electron chi connectivity index (χ1n) is 11.8. The summed E-state index contributed by atoms with van der Waals surface area (Å²) in [6.45, 7) is 2.77. The second-order valence-electron chi connectivity index (χ2n) is 8.65. The highest BCUT2D eigenvalue weighted by Crippen LogP contribution is 2.27. The minimum Gasteiger partial charge on any atom is -0.497 e. The molecule has 4 aromatic carbocycles. The molecule has 1 fully saturated rings. The highest BCUT2D eigenvalue weighted by molar-refractivity contribution is 6.36. The van der Waals surface area contributed by atoms with Crippen molar-refractivity contribution < 1.29 is 14.3 Å². The number of halogens is 1. The summed E-state index contributed by atoms with van der Waals surface area (Å²) in [5.41, 5.74) is 3.02. The van der Waals surface area contributed by atoms with E-state index in [1.54, 1.807) is 37.4 Å². The topological polar surface area (TPSA) is 61.9 Å². The standard InChI is InChI=1S/C29H26ClN3O3/c1-36-23-14-8-20(9-15-23)29(35)33-18-16-32(17-19-33)22-12-10-21(11-13-22)31-28(34)26-6-2-5-25-24(26)4-3-7-27(25)30/h2-15H,16-19H2,1H3,(H,31,34). The fourth-order valence-corrected chi connectivity index (χ4v) is 4.75. The molecule has 1 saturated heterocycles. The minimum atomic E-state index is -0.179. The van der Waals surface area contributed by atoms with Crippen LogP contribution < -0.4 is 15.0 Å². The highest BCUT2D eigenvalue weighted by atomic mass is 35.5. The van der Waals surface area contributed by atoms with Crippen molar-refractivity contribution in [2.75, 3.05) is 43.5 Å². The van der Waals surface area contributed by atoms with Gasteiger partial charge in [-0.2, -0.15) is 0 Å². The average Bonchev–Trinajstić information content (AvgIpc) is 2.93. The largest absolute Gasteiger partial charge is 0.497 e. The number of hydrogen-bond acceptors (Lipinski definition) is 4. The normalized spacial score (nSPS) is 13.5. The van der Waals surface area contributed by atoms with Crippen molar-refractivity contribution in [3.8, 4) is 5.75 Å². The number of ether oxygens (including phenoxy) is 1. The number of amides is 2. The number of carbonyl (C=O) groups is 2. The van der Waals surface area contributed by atoms with Crippen molar-refractivity contribution in [3.05, 3.63) is 101 Å². The summed E-state index contributed by atoms with van der Waals surface area (Å²) >= 11 is 6.29. The van der Waals surface area contributed by atoms with E-state index in [1.807, 2.05) is 59.5 Å².